The Labute approximate surface area is 175 Å². The minimum absolute atomic E-state index is 0. The fourth-order valence-electron chi connectivity index (χ4n) is 2.16. The number of nitrogens with one attached hydrogen (secondary N) is 1. The Balaban J connectivity index is 0.00000243. The first-order valence-electron chi connectivity index (χ1n) is 7.42. The fourth-order valence-corrected chi connectivity index (χ4v) is 3.10. The number of hydrogen-bond acceptors (Lipinski definition) is 6. The summed E-state index contributed by atoms with van der Waals surface area (Å²) in [6.07, 6.45) is 1.75. The van der Waals surface area contributed by atoms with E-state index in [9.17, 15) is 0 Å². The van der Waals surface area contributed by atoms with Crippen LogP contribution in [0.25, 0.3) is 11.3 Å². The lowest BCUT2D eigenvalue weighted by Gasteiger charge is -2.08. The lowest BCUT2D eigenvalue weighted by Crippen LogP contribution is -1.92. The number of benzene rings is 2. The molecule has 0 aliphatic heterocycles. The van der Waals surface area contributed by atoms with Gasteiger partial charge < -0.3 is 9.47 Å². The van der Waals surface area contributed by atoms with Gasteiger partial charge in [-0.1, -0.05) is 28.1 Å². The maximum Gasteiger partial charge on any atom is 0.203 e. The molecule has 1 N–H and O–H groups in total. The van der Waals surface area contributed by atoms with Crippen LogP contribution in [-0.4, -0.2) is 25.4 Å². The van der Waals surface area contributed by atoms with Crippen molar-refractivity contribution in [2.24, 2.45) is 5.10 Å². The highest BCUT2D eigenvalue weighted by atomic mass is 79.9. The monoisotopic (exact) mass is 497 g/mol. The van der Waals surface area contributed by atoms with Gasteiger partial charge in [-0.15, -0.1) is 28.3 Å². The van der Waals surface area contributed by atoms with Crippen molar-refractivity contribution in [2.75, 3.05) is 19.6 Å². The Bertz CT molecular complexity index is 882. The molecular weight excluding hydrogens is 482 g/mol. The molecule has 0 saturated carbocycles. The molecule has 3 aromatic rings. The quantitative estimate of drug-likeness (QED) is 0.354. The number of halogens is 2. The summed E-state index contributed by atoms with van der Waals surface area (Å²) >= 11 is 4.90. The second kappa shape index (κ2) is 9.70. The van der Waals surface area contributed by atoms with Gasteiger partial charge in [-0.05, 0) is 35.9 Å². The SMILES string of the molecule is Br.COc1ccc(-c2csc(N/N=C/c3ccc(Br)cc3)n2)cc1OC. The molecule has 0 atom stereocenters. The van der Waals surface area contributed by atoms with Crippen LogP contribution in [0.5, 0.6) is 11.5 Å². The van der Waals surface area contributed by atoms with Gasteiger partial charge in [-0.3, -0.25) is 5.43 Å². The van der Waals surface area contributed by atoms with E-state index in [4.69, 9.17) is 9.47 Å². The summed E-state index contributed by atoms with van der Waals surface area (Å²) in [5, 5.41) is 6.91. The number of rotatable bonds is 6. The van der Waals surface area contributed by atoms with Crippen LogP contribution in [0.2, 0.25) is 0 Å². The zero-order valence-corrected chi connectivity index (χ0v) is 18.2. The highest BCUT2D eigenvalue weighted by molar-refractivity contribution is 9.10. The third-order valence-electron chi connectivity index (χ3n) is 3.43. The topological polar surface area (TPSA) is 55.7 Å². The van der Waals surface area contributed by atoms with Crippen molar-refractivity contribution in [1.82, 2.24) is 4.98 Å². The number of thiazole rings is 1. The molecule has 0 spiro atoms. The summed E-state index contributed by atoms with van der Waals surface area (Å²) in [4.78, 5) is 4.55. The van der Waals surface area contributed by atoms with E-state index in [-0.39, 0.29) is 17.0 Å². The number of hydrazone groups is 1. The van der Waals surface area contributed by atoms with Gasteiger partial charge in [0.2, 0.25) is 5.13 Å². The van der Waals surface area contributed by atoms with Crippen molar-refractivity contribution in [3.05, 3.63) is 57.9 Å². The molecule has 0 radical (unpaired) electrons. The predicted octanol–water partition coefficient (Wildman–Crippen LogP) is 5.61. The average Bonchev–Trinajstić information content (AvgIpc) is 3.11. The summed E-state index contributed by atoms with van der Waals surface area (Å²) in [6, 6.07) is 13.6. The third kappa shape index (κ3) is 5.06. The molecule has 0 saturated heterocycles. The summed E-state index contributed by atoms with van der Waals surface area (Å²) < 4.78 is 11.6. The predicted molar refractivity (Wildman–Crippen MR) is 116 cm³/mol. The smallest absolute Gasteiger partial charge is 0.203 e. The lowest BCUT2D eigenvalue weighted by atomic mass is 10.1. The number of methoxy groups -OCH3 is 2. The van der Waals surface area contributed by atoms with Gasteiger partial charge >= 0.3 is 0 Å². The maximum absolute atomic E-state index is 5.34. The highest BCUT2D eigenvalue weighted by Crippen LogP contribution is 2.33. The molecule has 0 amide bonds. The minimum Gasteiger partial charge on any atom is -0.493 e. The van der Waals surface area contributed by atoms with E-state index in [0.717, 1.165) is 26.4 Å². The van der Waals surface area contributed by atoms with Crippen molar-refractivity contribution in [1.29, 1.82) is 0 Å². The summed E-state index contributed by atoms with van der Waals surface area (Å²) in [7, 11) is 3.23. The summed E-state index contributed by atoms with van der Waals surface area (Å²) in [5.74, 6) is 1.37. The molecule has 0 aliphatic rings. The largest absolute Gasteiger partial charge is 0.493 e. The van der Waals surface area contributed by atoms with Gasteiger partial charge in [-0.25, -0.2) is 4.98 Å². The van der Waals surface area contributed by atoms with Gasteiger partial charge in [0.15, 0.2) is 11.5 Å². The normalized spacial score (nSPS) is 10.4. The molecule has 8 heteroatoms. The second-order valence-electron chi connectivity index (χ2n) is 5.03. The van der Waals surface area contributed by atoms with E-state index in [1.165, 1.54) is 11.3 Å². The van der Waals surface area contributed by atoms with E-state index < -0.39 is 0 Å². The van der Waals surface area contributed by atoms with Crippen molar-refractivity contribution in [3.8, 4) is 22.8 Å². The van der Waals surface area contributed by atoms with E-state index in [1.807, 2.05) is 47.8 Å². The zero-order valence-electron chi connectivity index (χ0n) is 14.1. The van der Waals surface area contributed by atoms with Crippen molar-refractivity contribution >= 4 is 55.6 Å². The van der Waals surface area contributed by atoms with E-state index in [0.29, 0.717) is 11.5 Å². The molecule has 136 valence electrons. The van der Waals surface area contributed by atoms with Crippen molar-refractivity contribution in [2.45, 2.75) is 0 Å². The number of ether oxygens (including phenoxy) is 2. The number of anilines is 1. The van der Waals surface area contributed by atoms with Gasteiger partial charge in [0, 0.05) is 15.4 Å². The summed E-state index contributed by atoms with van der Waals surface area (Å²) in [5.41, 5.74) is 5.78. The Hall–Kier alpha value is -1.90. The molecule has 0 fully saturated rings. The Morgan fingerprint density at radius 2 is 1.81 bits per heavy atom. The van der Waals surface area contributed by atoms with Crippen LogP contribution >= 0.6 is 44.2 Å². The van der Waals surface area contributed by atoms with Crippen LogP contribution in [0.1, 0.15) is 5.56 Å². The maximum atomic E-state index is 5.34. The van der Waals surface area contributed by atoms with Crippen molar-refractivity contribution in [3.63, 3.8) is 0 Å². The molecule has 0 bridgehead atoms. The van der Waals surface area contributed by atoms with Crippen LogP contribution < -0.4 is 14.9 Å². The number of nitrogens with zero attached hydrogens (tertiary/aromatic N) is 2. The first kappa shape index (κ1) is 20.4. The van der Waals surface area contributed by atoms with Crippen LogP contribution in [0.4, 0.5) is 5.13 Å². The van der Waals surface area contributed by atoms with E-state index in [2.05, 4.69) is 31.4 Å². The van der Waals surface area contributed by atoms with Gasteiger partial charge in [0.1, 0.15) is 0 Å². The fraction of sp³-hybridized carbons (Fsp3) is 0.111. The molecular formula is C18H17Br2N3O2S. The Morgan fingerprint density at radius 3 is 2.50 bits per heavy atom. The first-order valence-corrected chi connectivity index (χ1v) is 9.09. The molecule has 1 heterocycles. The van der Waals surface area contributed by atoms with Crippen LogP contribution in [0.15, 0.2) is 57.4 Å². The van der Waals surface area contributed by atoms with Crippen LogP contribution in [0.3, 0.4) is 0 Å². The molecule has 0 unspecified atom stereocenters. The Kier molecular flexibility index (Phi) is 7.62. The highest BCUT2D eigenvalue weighted by Gasteiger charge is 2.09. The molecule has 3 rings (SSSR count). The van der Waals surface area contributed by atoms with Crippen molar-refractivity contribution < 1.29 is 9.47 Å². The molecule has 26 heavy (non-hydrogen) atoms. The average molecular weight is 499 g/mol. The first-order chi connectivity index (χ1) is 12.2. The van der Waals surface area contributed by atoms with Gasteiger partial charge in [0.25, 0.3) is 0 Å². The molecule has 0 aliphatic carbocycles. The van der Waals surface area contributed by atoms with E-state index in [1.54, 1.807) is 20.4 Å². The minimum atomic E-state index is 0. The molecule has 1 aromatic heterocycles. The lowest BCUT2D eigenvalue weighted by molar-refractivity contribution is 0.355. The second-order valence-corrected chi connectivity index (χ2v) is 6.80. The van der Waals surface area contributed by atoms with Gasteiger partial charge in [0.05, 0.1) is 26.1 Å². The van der Waals surface area contributed by atoms with Gasteiger partial charge in [-0.2, -0.15) is 5.10 Å². The van der Waals surface area contributed by atoms with Crippen LogP contribution in [-0.2, 0) is 0 Å². The standard InChI is InChI=1S/C18H16BrN3O2S.BrH/c1-23-16-8-5-13(9-17(16)24-2)15-11-25-18(21-15)22-20-10-12-3-6-14(19)7-4-12;/h3-11H,1-2H3,(H,21,22);1H/b20-10+;. The molecule has 2 aromatic carbocycles. The summed E-state index contributed by atoms with van der Waals surface area (Å²) in [6.45, 7) is 0. The number of hydrogen-bond donors (Lipinski definition) is 1. The number of aromatic nitrogens is 1. The van der Waals surface area contributed by atoms with E-state index >= 15 is 0 Å². The Morgan fingerprint density at radius 1 is 1.08 bits per heavy atom. The molecule has 5 nitrogen and oxygen atoms in total. The third-order valence-corrected chi connectivity index (χ3v) is 4.70. The van der Waals surface area contributed by atoms with Crippen LogP contribution in [0, 0.1) is 0 Å². The zero-order chi connectivity index (χ0) is 17.6.